The third-order valence-electron chi connectivity index (χ3n) is 3.72. The number of hydrogen-bond donors (Lipinski definition) is 3. The zero-order chi connectivity index (χ0) is 20.1. The Bertz CT molecular complexity index is 1080. The Morgan fingerprint density at radius 1 is 1.18 bits per heavy atom. The first-order valence-electron chi connectivity index (χ1n) is 8.26. The molecule has 0 fully saturated rings. The molecule has 3 N–H and O–H groups in total. The number of nitrogens with zero attached hydrogens (tertiary/aromatic N) is 2. The molecular formula is C18H19N5O4S. The van der Waals surface area contributed by atoms with Gasteiger partial charge in [0.2, 0.25) is 10.0 Å². The fourth-order valence-electron chi connectivity index (χ4n) is 2.45. The lowest BCUT2D eigenvalue weighted by atomic mass is 10.2. The zero-order valence-corrected chi connectivity index (χ0v) is 16.1. The van der Waals surface area contributed by atoms with Gasteiger partial charge in [-0.25, -0.2) is 13.4 Å². The van der Waals surface area contributed by atoms with E-state index in [2.05, 4.69) is 25.2 Å². The molecule has 0 aliphatic heterocycles. The van der Waals surface area contributed by atoms with Crippen LogP contribution in [-0.2, 0) is 16.6 Å². The minimum Gasteiger partial charge on any atom is -0.497 e. The zero-order valence-electron chi connectivity index (χ0n) is 15.3. The van der Waals surface area contributed by atoms with Gasteiger partial charge < -0.3 is 10.1 Å². The number of amides is 1. The predicted molar refractivity (Wildman–Crippen MR) is 104 cm³/mol. The van der Waals surface area contributed by atoms with Crippen LogP contribution in [-0.4, -0.2) is 42.9 Å². The maximum Gasteiger partial charge on any atom is 0.251 e. The lowest BCUT2D eigenvalue weighted by Crippen LogP contribution is -2.23. The summed E-state index contributed by atoms with van der Waals surface area (Å²) in [5, 5.41) is 9.64. The Hall–Kier alpha value is -3.40. The fourth-order valence-corrected chi connectivity index (χ4v) is 3.00. The standard InChI is InChI=1S/C18H19N5O4S/c1-27-15-8-6-12(7-9-15)17-20-16(21-22-17)11-19-18(24)13-4-3-5-14(10-13)23-28(2,25)26/h3-10,23H,11H2,1-2H3,(H,19,24)(H,20,21,22). The van der Waals surface area contributed by atoms with Crippen molar-refractivity contribution in [2.75, 3.05) is 18.1 Å². The first-order valence-corrected chi connectivity index (χ1v) is 10.1. The van der Waals surface area contributed by atoms with Gasteiger partial charge in [-0.3, -0.25) is 14.6 Å². The second-order valence-electron chi connectivity index (χ2n) is 5.97. The molecule has 1 aromatic heterocycles. The molecule has 2 aromatic carbocycles. The number of ether oxygens (including phenoxy) is 1. The summed E-state index contributed by atoms with van der Waals surface area (Å²) in [7, 11) is -1.82. The third kappa shape index (κ3) is 5.07. The van der Waals surface area contributed by atoms with E-state index in [1.165, 1.54) is 6.07 Å². The van der Waals surface area contributed by atoms with E-state index in [1.54, 1.807) is 25.3 Å². The monoisotopic (exact) mass is 401 g/mol. The van der Waals surface area contributed by atoms with E-state index in [-0.39, 0.29) is 12.5 Å². The molecule has 0 saturated carbocycles. The van der Waals surface area contributed by atoms with Crippen molar-refractivity contribution < 1.29 is 17.9 Å². The number of rotatable bonds is 7. The summed E-state index contributed by atoms with van der Waals surface area (Å²) in [4.78, 5) is 16.7. The quantitative estimate of drug-likeness (QED) is 0.554. The van der Waals surface area contributed by atoms with Gasteiger partial charge in [-0.15, -0.1) is 0 Å². The molecule has 0 saturated heterocycles. The number of carbonyl (C=O) groups excluding carboxylic acids is 1. The molecule has 10 heteroatoms. The van der Waals surface area contributed by atoms with Crippen LogP contribution in [0.1, 0.15) is 16.2 Å². The number of aromatic nitrogens is 3. The van der Waals surface area contributed by atoms with Crippen LogP contribution in [0.3, 0.4) is 0 Å². The summed E-state index contributed by atoms with van der Waals surface area (Å²) in [5.41, 5.74) is 1.45. The average molecular weight is 401 g/mol. The summed E-state index contributed by atoms with van der Waals surface area (Å²) in [6, 6.07) is 13.5. The van der Waals surface area contributed by atoms with Gasteiger partial charge in [-0.05, 0) is 42.5 Å². The molecular weight excluding hydrogens is 382 g/mol. The van der Waals surface area contributed by atoms with Gasteiger partial charge in [0, 0.05) is 16.8 Å². The Morgan fingerprint density at radius 3 is 2.61 bits per heavy atom. The van der Waals surface area contributed by atoms with Crippen molar-refractivity contribution in [3.05, 3.63) is 59.9 Å². The topological polar surface area (TPSA) is 126 Å². The maximum atomic E-state index is 12.3. The third-order valence-corrected chi connectivity index (χ3v) is 4.33. The van der Waals surface area contributed by atoms with Crippen LogP contribution in [0.2, 0.25) is 0 Å². The highest BCUT2D eigenvalue weighted by Gasteiger charge is 2.11. The molecule has 9 nitrogen and oxygen atoms in total. The van der Waals surface area contributed by atoms with Crippen LogP contribution >= 0.6 is 0 Å². The Morgan fingerprint density at radius 2 is 1.93 bits per heavy atom. The minimum absolute atomic E-state index is 0.145. The van der Waals surface area contributed by atoms with Gasteiger partial charge in [-0.2, -0.15) is 5.10 Å². The highest BCUT2D eigenvalue weighted by molar-refractivity contribution is 7.92. The molecule has 0 radical (unpaired) electrons. The van der Waals surface area contributed by atoms with Crippen molar-refractivity contribution in [3.63, 3.8) is 0 Å². The van der Waals surface area contributed by atoms with Gasteiger partial charge in [0.1, 0.15) is 11.6 Å². The van der Waals surface area contributed by atoms with Gasteiger partial charge in [-0.1, -0.05) is 6.07 Å². The van der Waals surface area contributed by atoms with E-state index in [4.69, 9.17) is 4.74 Å². The van der Waals surface area contributed by atoms with E-state index in [0.29, 0.717) is 22.9 Å². The van der Waals surface area contributed by atoms with Gasteiger partial charge in [0.25, 0.3) is 5.91 Å². The summed E-state index contributed by atoms with van der Waals surface area (Å²) in [6.45, 7) is 0.145. The minimum atomic E-state index is -3.42. The van der Waals surface area contributed by atoms with Crippen LogP contribution in [0.5, 0.6) is 5.75 Å². The average Bonchev–Trinajstić information content (AvgIpc) is 3.14. The van der Waals surface area contributed by atoms with Gasteiger partial charge in [0.15, 0.2) is 5.82 Å². The predicted octanol–water partition coefficient (Wildman–Crippen LogP) is 1.78. The summed E-state index contributed by atoms with van der Waals surface area (Å²) in [5.74, 6) is 1.37. The van der Waals surface area contributed by atoms with E-state index in [1.807, 2.05) is 24.3 Å². The molecule has 3 rings (SSSR count). The summed E-state index contributed by atoms with van der Waals surface area (Å²) < 4.78 is 30.1. The number of sulfonamides is 1. The molecule has 0 atom stereocenters. The Labute approximate surface area is 162 Å². The molecule has 1 heterocycles. The number of hydrogen-bond acceptors (Lipinski definition) is 6. The van der Waals surface area contributed by atoms with Crippen LogP contribution in [0.4, 0.5) is 5.69 Å². The van der Waals surface area contributed by atoms with E-state index in [9.17, 15) is 13.2 Å². The number of aromatic amines is 1. The number of H-pyrrole nitrogens is 1. The van der Waals surface area contributed by atoms with Crippen molar-refractivity contribution in [1.82, 2.24) is 20.5 Å². The summed E-state index contributed by atoms with van der Waals surface area (Å²) in [6.07, 6.45) is 1.05. The Balaban J connectivity index is 1.63. The summed E-state index contributed by atoms with van der Waals surface area (Å²) >= 11 is 0. The van der Waals surface area contributed by atoms with Crippen molar-refractivity contribution in [3.8, 4) is 17.1 Å². The smallest absolute Gasteiger partial charge is 0.251 e. The number of methoxy groups -OCH3 is 1. The first-order chi connectivity index (χ1) is 13.3. The Kier molecular flexibility index (Phi) is 5.59. The number of benzene rings is 2. The second-order valence-corrected chi connectivity index (χ2v) is 7.72. The maximum absolute atomic E-state index is 12.3. The van der Waals surface area contributed by atoms with Crippen molar-refractivity contribution in [1.29, 1.82) is 0 Å². The number of carbonyl (C=O) groups is 1. The second kappa shape index (κ2) is 8.09. The largest absolute Gasteiger partial charge is 0.497 e. The van der Waals surface area contributed by atoms with Crippen LogP contribution in [0, 0.1) is 0 Å². The molecule has 28 heavy (non-hydrogen) atoms. The molecule has 1 amide bonds. The lowest BCUT2D eigenvalue weighted by Gasteiger charge is -2.07. The van der Waals surface area contributed by atoms with Crippen LogP contribution in [0.25, 0.3) is 11.4 Å². The number of anilines is 1. The van der Waals surface area contributed by atoms with Crippen LogP contribution in [0.15, 0.2) is 48.5 Å². The van der Waals surface area contributed by atoms with E-state index < -0.39 is 10.0 Å². The molecule has 0 aliphatic carbocycles. The lowest BCUT2D eigenvalue weighted by molar-refractivity contribution is 0.0950. The van der Waals surface area contributed by atoms with E-state index in [0.717, 1.165) is 17.6 Å². The molecule has 0 spiro atoms. The van der Waals surface area contributed by atoms with Gasteiger partial charge >= 0.3 is 0 Å². The molecule has 146 valence electrons. The van der Waals surface area contributed by atoms with Gasteiger partial charge in [0.05, 0.1) is 19.9 Å². The van der Waals surface area contributed by atoms with Crippen molar-refractivity contribution in [2.45, 2.75) is 6.54 Å². The highest BCUT2D eigenvalue weighted by Crippen LogP contribution is 2.19. The first kappa shape index (κ1) is 19.4. The van der Waals surface area contributed by atoms with Crippen molar-refractivity contribution >= 4 is 21.6 Å². The molecule has 0 unspecified atom stereocenters. The normalized spacial score (nSPS) is 11.1. The van der Waals surface area contributed by atoms with Crippen molar-refractivity contribution in [2.24, 2.45) is 0 Å². The highest BCUT2D eigenvalue weighted by atomic mass is 32.2. The molecule has 0 bridgehead atoms. The SMILES string of the molecule is COc1ccc(-c2n[nH]c(CNC(=O)c3cccc(NS(C)(=O)=O)c3)n2)cc1. The number of nitrogens with one attached hydrogen (secondary N) is 3. The fraction of sp³-hybridized carbons (Fsp3) is 0.167. The van der Waals surface area contributed by atoms with E-state index >= 15 is 0 Å². The molecule has 3 aromatic rings. The molecule has 0 aliphatic rings. The van der Waals surface area contributed by atoms with Crippen LogP contribution < -0.4 is 14.8 Å².